The van der Waals surface area contributed by atoms with E-state index in [4.69, 9.17) is 11.6 Å². The van der Waals surface area contributed by atoms with Gasteiger partial charge in [-0.25, -0.2) is 17.6 Å². The molecule has 0 radical (unpaired) electrons. The molecule has 0 aromatic carbocycles. The maximum Gasteiger partial charge on any atom is 0.283 e. The fourth-order valence-electron chi connectivity index (χ4n) is 2.48. The van der Waals surface area contributed by atoms with Gasteiger partial charge in [-0.3, -0.25) is 14.2 Å². The van der Waals surface area contributed by atoms with Crippen LogP contribution < -0.4 is 5.32 Å². The standard InChI is InChI=1S/C15H17BrClF4N5O/c1-7-10(16)8(2)25(23-7)5-3-4-22-9(27)6-26-13(15(20)21)11(17)12(24-26)14(18)19/h14-15H,3-6H2,1-2H3,(H,22,27). The fourth-order valence-corrected chi connectivity index (χ4v) is 3.07. The highest BCUT2D eigenvalue weighted by Gasteiger charge is 2.28. The normalized spacial score (nSPS) is 11.6. The molecule has 0 aliphatic heterocycles. The number of carbonyl (C=O) groups is 1. The molecule has 12 heteroatoms. The monoisotopic (exact) mass is 473 g/mol. The van der Waals surface area contributed by atoms with Crippen LogP contribution in [0.25, 0.3) is 0 Å². The van der Waals surface area contributed by atoms with Crippen LogP contribution in [0.1, 0.15) is 42.0 Å². The van der Waals surface area contributed by atoms with Gasteiger partial charge in [0.25, 0.3) is 12.9 Å². The molecule has 2 aromatic rings. The fraction of sp³-hybridized carbons (Fsp3) is 0.533. The summed E-state index contributed by atoms with van der Waals surface area (Å²) in [7, 11) is 0. The van der Waals surface area contributed by atoms with Crippen LogP contribution in [0.4, 0.5) is 17.6 Å². The van der Waals surface area contributed by atoms with Crippen molar-refractivity contribution in [3.63, 3.8) is 0 Å². The van der Waals surface area contributed by atoms with E-state index < -0.39 is 41.7 Å². The first-order chi connectivity index (χ1) is 12.6. The molecule has 0 fully saturated rings. The van der Waals surface area contributed by atoms with Gasteiger partial charge < -0.3 is 5.32 Å². The molecule has 0 bridgehead atoms. The third kappa shape index (κ3) is 5.01. The number of hydrogen-bond acceptors (Lipinski definition) is 3. The van der Waals surface area contributed by atoms with Crippen LogP contribution in [0.2, 0.25) is 5.02 Å². The van der Waals surface area contributed by atoms with Crippen LogP contribution in [0.3, 0.4) is 0 Å². The molecule has 0 unspecified atom stereocenters. The maximum absolute atomic E-state index is 13.0. The average molecular weight is 475 g/mol. The van der Waals surface area contributed by atoms with Crippen molar-refractivity contribution < 1.29 is 22.4 Å². The summed E-state index contributed by atoms with van der Waals surface area (Å²) in [6.45, 7) is 3.94. The van der Waals surface area contributed by atoms with Crippen LogP contribution in [-0.4, -0.2) is 32.0 Å². The van der Waals surface area contributed by atoms with Crippen LogP contribution >= 0.6 is 27.5 Å². The van der Waals surface area contributed by atoms with Crippen molar-refractivity contribution in [2.45, 2.75) is 46.2 Å². The molecule has 0 spiro atoms. The molecule has 0 aliphatic carbocycles. The van der Waals surface area contributed by atoms with E-state index in [0.29, 0.717) is 17.6 Å². The molecule has 150 valence electrons. The van der Waals surface area contributed by atoms with Crippen molar-refractivity contribution in [3.8, 4) is 0 Å². The number of nitrogens with zero attached hydrogens (tertiary/aromatic N) is 4. The zero-order valence-electron chi connectivity index (χ0n) is 14.4. The zero-order chi connectivity index (χ0) is 20.3. The largest absolute Gasteiger partial charge is 0.354 e. The number of alkyl halides is 4. The number of nitrogens with one attached hydrogen (secondary N) is 1. The Labute approximate surface area is 166 Å². The van der Waals surface area contributed by atoms with E-state index in [9.17, 15) is 22.4 Å². The van der Waals surface area contributed by atoms with E-state index in [1.807, 2.05) is 13.8 Å². The molecular formula is C15H17BrClF4N5O. The van der Waals surface area contributed by atoms with Crippen LogP contribution in [0.15, 0.2) is 4.47 Å². The second-order valence-electron chi connectivity index (χ2n) is 5.75. The minimum atomic E-state index is -3.13. The Kier molecular flexibility index (Phi) is 7.26. The summed E-state index contributed by atoms with van der Waals surface area (Å²) in [4.78, 5) is 11.9. The number of rotatable bonds is 8. The Bertz CT molecular complexity index is 824. The smallest absolute Gasteiger partial charge is 0.283 e. The minimum absolute atomic E-state index is 0.259. The number of halogens is 6. The highest BCUT2D eigenvalue weighted by atomic mass is 79.9. The summed E-state index contributed by atoms with van der Waals surface area (Å²) in [6, 6.07) is 0. The van der Waals surface area contributed by atoms with Crippen molar-refractivity contribution in [2.24, 2.45) is 0 Å². The van der Waals surface area contributed by atoms with E-state index in [2.05, 4.69) is 31.4 Å². The summed E-state index contributed by atoms with van der Waals surface area (Å²) >= 11 is 8.96. The van der Waals surface area contributed by atoms with Gasteiger partial charge in [-0.05, 0) is 36.2 Å². The van der Waals surface area contributed by atoms with Crippen LogP contribution in [-0.2, 0) is 17.9 Å². The Morgan fingerprint density at radius 2 is 1.85 bits per heavy atom. The molecule has 2 heterocycles. The predicted molar refractivity (Wildman–Crippen MR) is 94.2 cm³/mol. The second-order valence-corrected chi connectivity index (χ2v) is 6.93. The van der Waals surface area contributed by atoms with Crippen LogP contribution in [0.5, 0.6) is 0 Å². The van der Waals surface area contributed by atoms with Gasteiger partial charge in [0.15, 0.2) is 0 Å². The first kappa shape index (κ1) is 21.7. The first-order valence-corrected chi connectivity index (χ1v) is 9.09. The van der Waals surface area contributed by atoms with Crippen molar-refractivity contribution >= 4 is 33.4 Å². The minimum Gasteiger partial charge on any atom is -0.354 e. The lowest BCUT2D eigenvalue weighted by atomic mass is 10.3. The van der Waals surface area contributed by atoms with Gasteiger partial charge in [-0.1, -0.05) is 11.6 Å². The van der Waals surface area contributed by atoms with Crippen molar-refractivity contribution in [3.05, 3.63) is 32.3 Å². The summed E-state index contributed by atoms with van der Waals surface area (Å²) < 4.78 is 54.9. The van der Waals surface area contributed by atoms with E-state index in [1.54, 1.807) is 4.68 Å². The van der Waals surface area contributed by atoms with E-state index in [0.717, 1.165) is 15.9 Å². The number of carbonyl (C=O) groups excluding carboxylic acids is 1. The van der Waals surface area contributed by atoms with E-state index in [1.165, 1.54) is 0 Å². The SMILES string of the molecule is Cc1nn(CCCNC(=O)Cn2nc(C(F)F)c(Cl)c2C(F)F)c(C)c1Br. The van der Waals surface area contributed by atoms with Gasteiger partial charge in [0.1, 0.15) is 17.9 Å². The van der Waals surface area contributed by atoms with Gasteiger partial charge >= 0.3 is 0 Å². The molecule has 2 rings (SSSR count). The number of hydrogen-bond donors (Lipinski definition) is 1. The van der Waals surface area contributed by atoms with Gasteiger partial charge in [-0.2, -0.15) is 10.2 Å². The zero-order valence-corrected chi connectivity index (χ0v) is 16.8. The lowest BCUT2D eigenvalue weighted by molar-refractivity contribution is -0.121. The number of aryl methyl sites for hydroxylation is 2. The lowest BCUT2D eigenvalue weighted by Gasteiger charge is -2.09. The number of aromatic nitrogens is 4. The molecular weight excluding hydrogens is 458 g/mol. The molecule has 27 heavy (non-hydrogen) atoms. The Balaban J connectivity index is 1.92. The molecule has 1 N–H and O–H groups in total. The Morgan fingerprint density at radius 3 is 2.37 bits per heavy atom. The topological polar surface area (TPSA) is 64.7 Å². The predicted octanol–water partition coefficient (Wildman–Crippen LogP) is 4.19. The Hall–Kier alpha value is -1.62. The van der Waals surface area contributed by atoms with Crippen molar-refractivity contribution in [1.82, 2.24) is 24.9 Å². The highest BCUT2D eigenvalue weighted by Crippen LogP contribution is 2.34. The van der Waals surface area contributed by atoms with E-state index >= 15 is 0 Å². The number of amides is 1. The lowest BCUT2D eigenvalue weighted by Crippen LogP contribution is -2.30. The van der Waals surface area contributed by atoms with Gasteiger partial charge in [-0.15, -0.1) is 0 Å². The van der Waals surface area contributed by atoms with Crippen LogP contribution in [0, 0.1) is 13.8 Å². The Morgan fingerprint density at radius 1 is 1.19 bits per heavy atom. The van der Waals surface area contributed by atoms with Crippen molar-refractivity contribution in [1.29, 1.82) is 0 Å². The van der Waals surface area contributed by atoms with Gasteiger partial charge in [0.05, 0.1) is 15.2 Å². The molecule has 0 saturated heterocycles. The molecule has 0 aliphatic rings. The van der Waals surface area contributed by atoms with E-state index in [-0.39, 0.29) is 6.54 Å². The molecule has 6 nitrogen and oxygen atoms in total. The summed E-state index contributed by atoms with van der Waals surface area (Å²) in [5.41, 5.74) is -0.0583. The van der Waals surface area contributed by atoms with Crippen molar-refractivity contribution in [2.75, 3.05) is 6.54 Å². The molecule has 0 atom stereocenters. The third-order valence-corrected chi connectivity index (χ3v) is 5.36. The second kappa shape index (κ2) is 9.05. The summed E-state index contributed by atoms with van der Waals surface area (Å²) in [6.07, 6.45) is -5.70. The first-order valence-electron chi connectivity index (χ1n) is 7.92. The highest BCUT2D eigenvalue weighted by molar-refractivity contribution is 9.10. The maximum atomic E-state index is 13.0. The quantitative estimate of drug-likeness (QED) is 0.461. The average Bonchev–Trinajstić information content (AvgIpc) is 3.03. The summed E-state index contributed by atoms with van der Waals surface area (Å²) in [5, 5.41) is 9.39. The van der Waals surface area contributed by atoms with Gasteiger partial charge in [0.2, 0.25) is 5.91 Å². The summed E-state index contributed by atoms with van der Waals surface area (Å²) in [5.74, 6) is -0.633. The molecule has 1 amide bonds. The molecule has 0 saturated carbocycles. The third-order valence-electron chi connectivity index (χ3n) is 3.83. The molecule has 2 aromatic heterocycles. The van der Waals surface area contributed by atoms with Gasteiger partial charge in [0, 0.05) is 18.8 Å².